The molecule has 138 valence electrons. The van der Waals surface area contributed by atoms with E-state index in [1.807, 2.05) is 0 Å². The number of nitrogens with zero attached hydrogens (tertiary/aromatic N) is 2. The maximum Gasteiger partial charge on any atom is 0.416 e. The molecule has 1 heterocycles. The Kier molecular flexibility index (Phi) is 4.97. The molecule has 6 nitrogen and oxygen atoms in total. The van der Waals surface area contributed by atoms with Gasteiger partial charge in [0.15, 0.2) is 0 Å². The normalized spacial score (nSPS) is 14.1. The highest BCUT2D eigenvalue weighted by atomic mass is 19.4. The number of carbonyl (C=O) groups is 1. The third-order valence-electron chi connectivity index (χ3n) is 3.96. The number of hydrogen-bond donors (Lipinski definition) is 2. The minimum atomic E-state index is -4.42. The van der Waals surface area contributed by atoms with Gasteiger partial charge in [-0.1, -0.05) is 0 Å². The lowest BCUT2D eigenvalue weighted by Gasteiger charge is -2.10. The van der Waals surface area contributed by atoms with Crippen LogP contribution in [0.3, 0.4) is 0 Å². The number of amides is 2. The van der Waals surface area contributed by atoms with Gasteiger partial charge in [-0.25, -0.2) is 9.48 Å². The molecule has 1 aromatic heterocycles. The van der Waals surface area contributed by atoms with E-state index in [0.29, 0.717) is 5.92 Å². The second-order valence-electron chi connectivity index (χ2n) is 6.05. The van der Waals surface area contributed by atoms with Gasteiger partial charge in [-0.3, -0.25) is 4.79 Å². The van der Waals surface area contributed by atoms with Crippen molar-refractivity contribution >= 4 is 11.7 Å². The summed E-state index contributed by atoms with van der Waals surface area (Å²) in [4.78, 5) is 23.6. The summed E-state index contributed by atoms with van der Waals surface area (Å²) in [6, 6.07) is 6.74. The van der Waals surface area contributed by atoms with Gasteiger partial charge in [-0.05, 0) is 43.2 Å². The van der Waals surface area contributed by atoms with E-state index in [1.54, 1.807) is 6.07 Å². The quantitative estimate of drug-likeness (QED) is 0.854. The molecule has 2 amide bonds. The number of alkyl halides is 3. The van der Waals surface area contributed by atoms with Gasteiger partial charge in [0.25, 0.3) is 5.56 Å². The molecule has 1 aliphatic carbocycles. The Morgan fingerprint density at radius 3 is 2.46 bits per heavy atom. The molecule has 0 unspecified atom stereocenters. The number of nitrogens with one attached hydrogen (secondary N) is 2. The Hall–Kier alpha value is -2.84. The lowest BCUT2D eigenvalue weighted by Crippen LogP contribution is -2.34. The fourth-order valence-corrected chi connectivity index (χ4v) is 2.41. The smallest absolute Gasteiger partial charge is 0.336 e. The number of anilines is 1. The van der Waals surface area contributed by atoms with E-state index in [0.717, 1.165) is 30.7 Å². The van der Waals surface area contributed by atoms with Crippen LogP contribution in [0.5, 0.6) is 0 Å². The van der Waals surface area contributed by atoms with Crippen LogP contribution in [0, 0.1) is 0 Å². The van der Waals surface area contributed by atoms with Crippen LogP contribution in [-0.4, -0.2) is 22.4 Å². The minimum Gasteiger partial charge on any atom is -0.336 e. The first-order chi connectivity index (χ1) is 12.3. The summed E-state index contributed by atoms with van der Waals surface area (Å²) in [5.41, 5.74) is 0.0733. The summed E-state index contributed by atoms with van der Waals surface area (Å²) in [5.74, 6) is 0.415. The van der Waals surface area contributed by atoms with Crippen molar-refractivity contribution in [3.63, 3.8) is 0 Å². The van der Waals surface area contributed by atoms with Crippen LogP contribution in [0.2, 0.25) is 0 Å². The molecule has 0 bridgehead atoms. The molecule has 1 aromatic carbocycles. The maximum atomic E-state index is 12.5. The topological polar surface area (TPSA) is 76.0 Å². The molecule has 9 heteroatoms. The third kappa shape index (κ3) is 4.62. The zero-order chi connectivity index (χ0) is 18.7. The van der Waals surface area contributed by atoms with Crippen LogP contribution in [0.1, 0.15) is 30.0 Å². The fourth-order valence-electron chi connectivity index (χ4n) is 2.41. The van der Waals surface area contributed by atoms with Crippen molar-refractivity contribution < 1.29 is 18.0 Å². The van der Waals surface area contributed by atoms with Gasteiger partial charge < -0.3 is 10.6 Å². The lowest BCUT2D eigenvalue weighted by atomic mass is 10.2. The van der Waals surface area contributed by atoms with Gasteiger partial charge in [0.05, 0.1) is 17.8 Å². The zero-order valence-electron chi connectivity index (χ0n) is 13.7. The number of halogens is 3. The number of urea groups is 1. The van der Waals surface area contributed by atoms with Crippen molar-refractivity contribution in [3.05, 3.63) is 58.0 Å². The van der Waals surface area contributed by atoms with Crippen LogP contribution in [0.15, 0.2) is 41.2 Å². The molecule has 0 atom stereocenters. The molecule has 0 aliphatic heterocycles. The highest BCUT2D eigenvalue weighted by molar-refractivity contribution is 5.89. The van der Waals surface area contributed by atoms with Crippen molar-refractivity contribution in [2.24, 2.45) is 0 Å². The largest absolute Gasteiger partial charge is 0.416 e. The van der Waals surface area contributed by atoms with Gasteiger partial charge in [-0.15, -0.1) is 0 Å². The van der Waals surface area contributed by atoms with Crippen LogP contribution < -0.4 is 16.2 Å². The van der Waals surface area contributed by atoms with Crippen molar-refractivity contribution in [3.8, 4) is 0 Å². The highest BCUT2D eigenvalue weighted by Crippen LogP contribution is 2.38. The zero-order valence-corrected chi connectivity index (χ0v) is 13.7. The predicted octanol–water partition coefficient (Wildman–Crippen LogP) is 2.96. The summed E-state index contributed by atoms with van der Waals surface area (Å²) in [6.45, 7) is 0.368. The standard InChI is InChI=1S/C17H17F3N4O2/c18-17(19,20)12-3-5-13(6-4-12)22-16(26)21-9-10-24-15(25)8-7-14(23-24)11-1-2-11/h3-8,11H,1-2,9-10H2,(H2,21,22,26). The van der Waals surface area contributed by atoms with E-state index >= 15 is 0 Å². The SMILES string of the molecule is O=C(NCCn1nc(C2CC2)ccc1=O)Nc1ccc(C(F)(F)F)cc1. The molecule has 1 aliphatic rings. The molecule has 0 radical (unpaired) electrons. The summed E-state index contributed by atoms with van der Waals surface area (Å²) < 4.78 is 38.8. The van der Waals surface area contributed by atoms with Gasteiger partial charge in [0, 0.05) is 24.2 Å². The van der Waals surface area contributed by atoms with E-state index in [2.05, 4.69) is 15.7 Å². The summed E-state index contributed by atoms with van der Waals surface area (Å²) in [6.07, 6.45) is -2.28. The van der Waals surface area contributed by atoms with Gasteiger partial charge in [0.2, 0.25) is 0 Å². The fraction of sp³-hybridized carbons (Fsp3) is 0.353. The average Bonchev–Trinajstić information content (AvgIpc) is 3.41. The molecule has 1 saturated carbocycles. The Labute approximate surface area is 147 Å². The van der Waals surface area contributed by atoms with Gasteiger partial charge in [0.1, 0.15) is 0 Å². The average molecular weight is 366 g/mol. The molecular formula is C17H17F3N4O2. The third-order valence-corrected chi connectivity index (χ3v) is 3.96. The minimum absolute atomic E-state index is 0.160. The Morgan fingerprint density at radius 1 is 1.15 bits per heavy atom. The molecule has 1 fully saturated rings. The molecule has 0 saturated heterocycles. The molecule has 3 rings (SSSR count). The maximum absolute atomic E-state index is 12.5. The van der Waals surface area contributed by atoms with E-state index in [1.165, 1.54) is 22.9 Å². The summed E-state index contributed by atoms with van der Waals surface area (Å²) in [5, 5.41) is 9.25. The van der Waals surface area contributed by atoms with E-state index in [9.17, 15) is 22.8 Å². The number of benzene rings is 1. The van der Waals surface area contributed by atoms with Crippen LogP contribution in [0.4, 0.5) is 23.7 Å². The Bertz CT molecular complexity index is 842. The van der Waals surface area contributed by atoms with Crippen LogP contribution >= 0.6 is 0 Å². The summed E-state index contributed by atoms with van der Waals surface area (Å²) >= 11 is 0. The predicted molar refractivity (Wildman–Crippen MR) is 88.9 cm³/mol. The first kappa shape index (κ1) is 18.0. The van der Waals surface area contributed by atoms with Gasteiger partial charge >= 0.3 is 12.2 Å². The molecular weight excluding hydrogens is 349 g/mol. The van der Waals surface area contributed by atoms with E-state index in [-0.39, 0.29) is 24.3 Å². The van der Waals surface area contributed by atoms with Crippen molar-refractivity contribution in [2.75, 3.05) is 11.9 Å². The van der Waals surface area contributed by atoms with Crippen LogP contribution in [-0.2, 0) is 12.7 Å². The number of rotatable bonds is 5. The second kappa shape index (κ2) is 7.19. The van der Waals surface area contributed by atoms with Gasteiger partial charge in [-0.2, -0.15) is 18.3 Å². The van der Waals surface area contributed by atoms with Crippen molar-refractivity contribution in [1.82, 2.24) is 15.1 Å². The monoisotopic (exact) mass is 366 g/mol. The molecule has 26 heavy (non-hydrogen) atoms. The van der Waals surface area contributed by atoms with Crippen molar-refractivity contribution in [2.45, 2.75) is 31.5 Å². The second-order valence-corrected chi connectivity index (χ2v) is 6.05. The Morgan fingerprint density at radius 2 is 1.85 bits per heavy atom. The first-order valence-electron chi connectivity index (χ1n) is 8.13. The molecule has 2 aromatic rings. The first-order valence-corrected chi connectivity index (χ1v) is 8.13. The number of aromatic nitrogens is 2. The Balaban J connectivity index is 1.50. The molecule has 0 spiro atoms. The lowest BCUT2D eigenvalue weighted by molar-refractivity contribution is -0.137. The van der Waals surface area contributed by atoms with E-state index < -0.39 is 17.8 Å². The van der Waals surface area contributed by atoms with E-state index in [4.69, 9.17) is 0 Å². The number of carbonyl (C=O) groups excluding carboxylic acids is 1. The summed E-state index contributed by atoms with van der Waals surface area (Å²) in [7, 11) is 0. The highest BCUT2D eigenvalue weighted by Gasteiger charge is 2.30. The van der Waals surface area contributed by atoms with Crippen LogP contribution in [0.25, 0.3) is 0 Å². The number of hydrogen-bond acceptors (Lipinski definition) is 3. The van der Waals surface area contributed by atoms with Crippen molar-refractivity contribution in [1.29, 1.82) is 0 Å². The molecule has 2 N–H and O–H groups in total.